The Balaban J connectivity index is 1.68. The molecule has 0 bridgehead atoms. The van der Waals surface area contributed by atoms with Gasteiger partial charge < -0.3 is 20.3 Å². The van der Waals surface area contributed by atoms with Gasteiger partial charge in [-0.25, -0.2) is 4.39 Å². The van der Waals surface area contributed by atoms with Crippen molar-refractivity contribution < 1.29 is 13.9 Å². The fraction of sp³-hybridized carbons (Fsp3) is 0.562. The van der Waals surface area contributed by atoms with E-state index in [-0.39, 0.29) is 30.4 Å². The van der Waals surface area contributed by atoms with Crippen molar-refractivity contribution in [1.29, 1.82) is 0 Å². The largest absolute Gasteiger partial charge is 0.374 e. The van der Waals surface area contributed by atoms with Crippen molar-refractivity contribution >= 4 is 5.91 Å². The van der Waals surface area contributed by atoms with Gasteiger partial charge in [0.1, 0.15) is 5.82 Å². The molecule has 1 aliphatic rings. The molecule has 122 valence electrons. The van der Waals surface area contributed by atoms with Crippen molar-refractivity contribution in [3.8, 4) is 0 Å². The molecule has 0 unspecified atom stereocenters. The smallest absolute Gasteiger partial charge is 0.234 e. The number of carbonyl (C=O) groups excluding carboxylic acids is 1. The summed E-state index contributed by atoms with van der Waals surface area (Å²) in [6.45, 7) is 5.34. The van der Waals surface area contributed by atoms with Crippen LogP contribution in [0, 0.1) is 5.82 Å². The first kappa shape index (κ1) is 16.9. The van der Waals surface area contributed by atoms with E-state index in [2.05, 4.69) is 22.6 Å². The van der Waals surface area contributed by atoms with Crippen LogP contribution < -0.4 is 10.6 Å². The number of carbonyl (C=O) groups is 1. The Hall–Kier alpha value is -1.50. The average Bonchev–Trinajstić information content (AvgIpc) is 2.48. The second-order valence-corrected chi connectivity index (χ2v) is 5.73. The molecule has 1 saturated heterocycles. The third-order valence-corrected chi connectivity index (χ3v) is 3.75. The molecule has 2 atom stereocenters. The molecule has 0 radical (unpaired) electrons. The molecule has 1 aromatic carbocycles. The van der Waals surface area contributed by atoms with E-state index in [0.29, 0.717) is 6.54 Å². The molecule has 0 saturated carbocycles. The van der Waals surface area contributed by atoms with E-state index in [1.165, 1.54) is 12.1 Å². The number of ether oxygens (including phenoxy) is 1. The zero-order valence-electron chi connectivity index (χ0n) is 13.1. The van der Waals surface area contributed by atoms with E-state index in [1.807, 2.05) is 6.92 Å². The standard InChI is InChI=1S/C16H24FN3O2/c1-12(13-3-5-14(17)6-4-13)19-16(21)10-18-9-15-11-20(2)7-8-22-15/h3-6,12,15,18H,7-11H2,1-2H3,(H,19,21)/t12-,15-/m1/s1. The Morgan fingerprint density at radius 2 is 2.18 bits per heavy atom. The van der Waals surface area contributed by atoms with Gasteiger partial charge in [0.15, 0.2) is 0 Å². The third kappa shape index (κ3) is 5.36. The summed E-state index contributed by atoms with van der Waals surface area (Å²) in [4.78, 5) is 14.1. The number of nitrogens with zero attached hydrogens (tertiary/aromatic N) is 1. The van der Waals surface area contributed by atoms with Gasteiger partial charge in [0.2, 0.25) is 5.91 Å². The number of hydrogen-bond acceptors (Lipinski definition) is 4. The Bertz CT molecular complexity index is 481. The van der Waals surface area contributed by atoms with Gasteiger partial charge in [-0.05, 0) is 31.7 Å². The highest BCUT2D eigenvalue weighted by atomic mass is 19.1. The zero-order valence-corrected chi connectivity index (χ0v) is 13.1. The summed E-state index contributed by atoms with van der Waals surface area (Å²) in [6.07, 6.45) is 0.126. The van der Waals surface area contributed by atoms with Crippen LogP contribution in [-0.2, 0) is 9.53 Å². The van der Waals surface area contributed by atoms with E-state index >= 15 is 0 Å². The van der Waals surface area contributed by atoms with E-state index in [0.717, 1.165) is 25.3 Å². The molecule has 2 N–H and O–H groups in total. The first-order chi connectivity index (χ1) is 10.5. The zero-order chi connectivity index (χ0) is 15.9. The topological polar surface area (TPSA) is 53.6 Å². The van der Waals surface area contributed by atoms with Crippen LogP contribution in [0.2, 0.25) is 0 Å². The minimum atomic E-state index is -0.276. The maximum absolute atomic E-state index is 12.9. The summed E-state index contributed by atoms with van der Waals surface area (Å²) in [5.41, 5.74) is 0.881. The molecule has 1 heterocycles. The summed E-state index contributed by atoms with van der Waals surface area (Å²) in [5.74, 6) is -0.359. The number of amides is 1. The molecule has 0 spiro atoms. The van der Waals surface area contributed by atoms with Crippen molar-refractivity contribution in [1.82, 2.24) is 15.5 Å². The van der Waals surface area contributed by atoms with Gasteiger partial charge in [-0.1, -0.05) is 12.1 Å². The lowest BCUT2D eigenvalue weighted by Gasteiger charge is -2.30. The van der Waals surface area contributed by atoms with Crippen LogP contribution in [0.4, 0.5) is 4.39 Å². The van der Waals surface area contributed by atoms with Crippen LogP contribution in [0.3, 0.4) is 0 Å². The maximum atomic E-state index is 12.9. The van der Waals surface area contributed by atoms with Gasteiger partial charge in [0.25, 0.3) is 0 Å². The van der Waals surface area contributed by atoms with Crippen LogP contribution in [0.25, 0.3) is 0 Å². The highest BCUT2D eigenvalue weighted by Crippen LogP contribution is 2.12. The minimum Gasteiger partial charge on any atom is -0.374 e. The lowest BCUT2D eigenvalue weighted by molar-refractivity contribution is -0.121. The number of morpholine rings is 1. The Labute approximate surface area is 130 Å². The number of halogens is 1. The fourth-order valence-corrected chi connectivity index (χ4v) is 2.46. The van der Waals surface area contributed by atoms with E-state index in [1.54, 1.807) is 12.1 Å². The van der Waals surface area contributed by atoms with Crippen molar-refractivity contribution in [3.63, 3.8) is 0 Å². The predicted octanol–water partition coefficient (Wildman–Crippen LogP) is 0.923. The van der Waals surface area contributed by atoms with Gasteiger partial charge in [-0.3, -0.25) is 4.79 Å². The number of likely N-dealkylation sites (N-methyl/N-ethyl adjacent to an activating group) is 1. The summed E-state index contributed by atoms with van der Waals surface area (Å²) in [7, 11) is 2.06. The molecule has 1 fully saturated rings. The lowest BCUT2D eigenvalue weighted by Crippen LogP contribution is -2.46. The molecule has 6 heteroatoms. The number of hydrogen-bond donors (Lipinski definition) is 2. The molecule has 2 rings (SSSR count). The maximum Gasteiger partial charge on any atom is 0.234 e. The van der Waals surface area contributed by atoms with Crippen molar-refractivity contribution in [2.24, 2.45) is 0 Å². The Morgan fingerprint density at radius 1 is 1.45 bits per heavy atom. The second-order valence-electron chi connectivity index (χ2n) is 5.73. The quantitative estimate of drug-likeness (QED) is 0.821. The summed E-state index contributed by atoms with van der Waals surface area (Å²) < 4.78 is 18.5. The highest BCUT2D eigenvalue weighted by Gasteiger charge is 2.17. The summed E-state index contributed by atoms with van der Waals surface area (Å²) in [6, 6.07) is 6.01. The van der Waals surface area contributed by atoms with Crippen LogP contribution in [0.15, 0.2) is 24.3 Å². The molecular weight excluding hydrogens is 285 g/mol. The van der Waals surface area contributed by atoms with Crippen LogP contribution in [0.1, 0.15) is 18.5 Å². The predicted molar refractivity (Wildman–Crippen MR) is 83.1 cm³/mol. The van der Waals surface area contributed by atoms with Gasteiger partial charge in [0.05, 0.1) is 25.3 Å². The lowest BCUT2D eigenvalue weighted by atomic mass is 10.1. The fourth-order valence-electron chi connectivity index (χ4n) is 2.46. The van der Waals surface area contributed by atoms with E-state index in [9.17, 15) is 9.18 Å². The normalized spacial score (nSPS) is 20.6. The number of nitrogens with one attached hydrogen (secondary N) is 2. The summed E-state index contributed by atoms with van der Waals surface area (Å²) in [5, 5.41) is 6.00. The minimum absolute atomic E-state index is 0.0824. The molecule has 1 aliphatic heterocycles. The molecule has 5 nitrogen and oxygen atoms in total. The molecule has 1 aromatic rings. The number of benzene rings is 1. The Morgan fingerprint density at radius 3 is 2.86 bits per heavy atom. The molecule has 22 heavy (non-hydrogen) atoms. The van der Waals surface area contributed by atoms with Gasteiger partial charge in [-0.2, -0.15) is 0 Å². The summed E-state index contributed by atoms with van der Waals surface area (Å²) >= 11 is 0. The monoisotopic (exact) mass is 309 g/mol. The number of rotatable bonds is 6. The molecule has 1 amide bonds. The van der Waals surface area contributed by atoms with Crippen molar-refractivity contribution in [3.05, 3.63) is 35.6 Å². The first-order valence-electron chi connectivity index (χ1n) is 7.60. The van der Waals surface area contributed by atoms with Crippen LogP contribution >= 0.6 is 0 Å². The van der Waals surface area contributed by atoms with Crippen molar-refractivity contribution in [2.45, 2.75) is 19.1 Å². The van der Waals surface area contributed by atoms with Gasteiger partial charge in [0, 0.05) is 19.6 Å². The molecule has 0 aliphatic carbocycles. The van der Waals surface area contributed by atoms with Gasteiger partial charge in [-0.15, -0.1) is 0 Å². The van der Waals surface area contributed by atoms with Crippen LogP contribution in [-0.4, -0.2) is 56.7 Å². The van der Waals surface area contributed by atoms with E-state index in [4.69, 9.17) is 4.74 Å². The SMILES string of the molecule is C[C@@H](NC(=O)CNC[C@@H]1CN(C)CCO1)c1ccc(F)cc1. The van der Waals surface area contributed by atoms with Gasteiger partial charge >= 0.3 is 0 Å². The molecule has 0 aromatic heterocycles. The van der Waals surface area contributed by atoms with Crippen molar-refractivity contribution in [2.75, 3.05) is 39.8 Å². The second kappa shape index (κ2) is 8.22. The van der Waals surface area contributed by atoms with E-state index < -0.39 is 0 Å². The average molecular weight is 309 g/mol. The van der Waals surface area contributed by atoms with Crippen LogP contribution in [0.5, 0.6) is 0 Å². The Kier molecular flexibility index (Phi) is 6.30. The first-order valence-corrected chi connectivity index (χ1v) is 7.60. The molecular formula is C16H24FN3O2. The third-order valence-electron chi connectivity index (χ3n) is 3.75. The highest BCUT2D eigenvalue weighted by molar-refractivity contribution is 5.78.